The largest absolute Gasteiger partial charge is 0.468 e. The molecule has 0 radical (unpaired) electrons. The number of carbonyl (C=O) groups excluding carboxylic acids is 2. The summed E-state index contributed by atoms with van der Waals surface area (Å²) in [5, 5.41) is 0. The molecule has 0 bridgehead atoms. The highest BCUT2D eigenvalue weighted by Gasteiger charge is 2.46. The van der Waals surface area contributed by atoms with Gasteiger partial charge in [0.25, 0.3) is 0 Å². The molecule has 2 atom stereocenters. The van der Waals surface area contributed by atoms with Crippen LogP contribution in [0.5, 0.6) is 0 Å². The van der Waals surface area contributed by atoms with Crippen molar-refractivity contribution in [2.45, 2.75) is 25.9 Å². The van der Waals surface area contributed by atoms with Crippen molar-refractivity contribution in [2.75, 3.05) is 41.4 Å². The number of quaternary nitrogens is 1. The van der Waals surface area contributed by atoms with Crippen LogP contribution in [0.1, 0.15) is 30.9 Å². The van der Waals surface area contributed by atoms with Crippen LogP contribution in [0.25, 0.3) is 0 Å². The zero-order valence-corrected chi connectivity index (χ0v) is 18.5. The molecule has 0 spiro atoms. The number of hydrogen-bond donors (Lipinski definition) is 0. The predicted molar refractivity (Wildman–Crippen MR) is 109 cm³/mol. The van der Waals surface area contributed by atoms with Gasteiger partial charge in [-0.15, -0.1) is 0 Å². The van der Waals surface area contributed by atoms with Crippen LogP contribution >= 0.6 is 0 Å². The maximum atomic E-state index is 13.8. The van der Waals surface area contributed by atoms with E-state index < -0.39 is 35.5 Å². The van der Waals surface area contributed by atoms with Crippen molar-refractivity contribution in [1.29, 1.82) is 0 Å². The monoisotopic (exact) mass is 441 g/mol. The van der Waals surface area contributed by atoms with Gasteiger partial charge in [-0.1, -0.05) is 18.2 Å². The third-order valence-corrected chi connectivity index (χ3v) is 5.10. The third kappa shape index (κ3) is 5.72. The molecule has 0 saturated carbocycles. The van der Waals surface area contributed by atoms with Gasteiger partial charge in [0.2, 0.25) is 0 Å². The van der Waals surface area contributed by atoms with E-state index in [0.29, 0.717) is 11.0 Å². The number of ether oxygens (including phenoxy) is 2. The summed E-state index contributed by atoms with van der Waals surface area (Å²) in [4.78, 5) is 29.9. The Morgan fingerprint density at radius 3 is 2.29 bits per heavy atom. The van der Waals surface area contributed by atoms with Crippen LogP contribution in [-0.2, 0) is 25.2 Å². The van der Waals surface area contributed by atoms with Gasteiger partial charge in [0.05, 0.1) is 39.4 Å². The molecule has 0 fully saturated rings. The first-order chi connectivity index (χ1) is 14.3. The van der Waals surface area contributed by atoms with Gasteiger partial charge in [-0.2, -0.15) is 13.2 Å². The van der Waals surface area contributed by atoms with E-state index in [9.17, 15) is 22.8 Å². The molecular formula is C22H28F3N2O4+. The van der Waals surface area contributed by atoms with Crippen LogP contribution in [0.3, 0.4) is 0 Å². The van der Waals surface area contributed by atoms with Crippen LogP contribution in [-0.4, -0.2) is 63.5 Å². The molecule has 1 aliphatic heterocycles. The second-order valence-corrected chi connectivity index (χ2v) is 8.47. The average molecular weight is 441 g/mol. The number of hydrogen-bond acceptors (Lipinski definition) is 5. The standard InChI is InChI=1S/C22H28F3N2O4/c1-13-17(20(28)30-6)19(15-9-7-8-10-16(15)22(23,24)25)18(14(2)26-13)21(29)31-12-11-27(3,4)5/h7-10,17,19H,11-12H2,1-6H3/q+1. The lowest BCUT2D eigenvalue weighted by Gasteiger charge is -2.33. The maximum Gasteiger partial charge on any atom is 0.416 e. The molecular weight excluding hydrogens is 413 g/mol. The highest BCUT2D eigenvalue weighted by molar-refractivity contribution is 6.07. The number of carbonyl (C=O) groups is 2. The topological polar surface area (TPSA) is 65.0 Å². The average Bonchev–Trinajstić information content (AvgIpc) is 2.65. The third-order valence-electron chi connectivity index (χ3n) is 5.10. The van der Waals surface area contributed by atoms with Gasteiger partial charge < -0.3 is 14.0 Å². The van der Waals surface area contributed by atoms with Crippen molar-refractivity contribution in [1.82, 2.24) is 0 Å². The van der Waals surface area contributed by atoms with Crippen LogP contribution in [0.2, 0.25) is 0 Å². The first-order valence-electron chi connectivity index (χ1n) is 9.75. The van der Waals surface area contributed by atoms with E-state index >= 15 is 0 Å². The fraction of sp³-hybridized carbons (Fsp3) is 0.500. The van der Waals surface area contributed by atoms with Crippen LogP contribution in [0, 0.1) is 5.92 Å². The number of allylic oxidation sites excluding steroid dienone is 1. The first kappa shape index (κ1) is 24.6. The van der Waals surface area contributed by atoms with Crippen LogP contribution in [0.15, 0.2) is 40.5 Å². The lowest BCUT2D eigenvalue weighted by molar-refractivity contribution is -0.870. The van der Waals surface area contributed by atoms with Crippen molar-refractivity contribution in [3.8, 4) is 0 Å². The fourth-order valence-electron chi connectivity index (χ4n) is 3.59. The molecule has 170 valence electrons. The molecule has 6 nitrogen and oxygen atoms in total. The van der Waals surface area contributed by atoms with Crippen molar-refractivity contribution in [3.05, 3.63) is 46.7 Å². The summed E-state index contributed by atoms with van der Waals surface area (Å²) < 4.78 is 52.1. The molecule has 2 unspecified atom stereocenters. The highest BCUT2D eigenvalue weighted by Crippen LogP contribution is 2.44. The van der Waals surface area contributed by atoms with Crippen LogP contribution in [0.4, 0.5) is 13.2 Å². The summed E-state index contributed by atoms with van der Waals surface area (Å²) in [6.07, 6.45) is -4.67. The molecule has 0 saturated heterocycles. The Morgan fingerprint density at radius 1 is 1.13 bits per heavy atom. The molecule has 0 amide bonds. The normalized spacial score (nSPS) is 19.7. The van der Waals surface area contributed by atoms with Gasteiger partial charge in [0.1, 0.15) is 19.1 Å². The zero-order chi connectivity index (χ0) is 23.6. The molecule has 31 heavy (non-hydrogen) atoms. The summed E-state index contributed by atoms with van der Waals surface area (Å²) in [6, 6.07) is 4.91. The Hall–Kier alpha value is -2.68. The minimum Gasteiger partial charge on any atom is -0.468 e. The number of benzene rings is 1. The second kappa shape index (κ2) is 9.21. The molecule has 1 aromatic carbocycles. The van der Waals surface area contributed by atoms with E-state index in [1.54, 1.807) is 0 Å². The minimum atomic E-state index is -4.67. The van der Waals surface area contributed by atoms with Gasteiger partial charge in [-0.3, -0.25) is 9.79 Å². The summed E-state index contributed by atoms with van der Waals surface area (Å²) in [6.45, 7) is 3.63. The fourth-order valence-corrected chi connectivity index (χ4v) is 3.59. The van der Waals surface area contributed by atoms with Gasteiger partial charge >= 0.3 is 18.1 Å². The number of nitrogens with zero attached hydrogens (tertiary/aromatic N) is 2. The quantitative estimate of drug-likeness (QED) is 0.500. The van der Waals surface area contributed by atoms with E-state index in [-0.39, 0.29) is 29.2 Å². The Kier molecular flexibility index (Phi) is 7.31. The Bertz CT molecular complexity index is 914. The molecule has 0 aliphatic carbocycles. The zero-order valence-electron chi connectivity index (χ0n) is 18.5. The van der Waals surface area contributed by atoms with E-state index in [4.69, 9.17) is 9.47 Å². The Balaban J connectivity index is 2.62. The lowest BCUT2D eigenvalue weighted by atomic mass is 9.74. The number of methoxy groups -OCH3 is 1. The summed E-state index contributed by atoms with van der Waals surface area (Å²) in [5.41, 5.74) is -0.700. The van der Waals surface area contributed by atoms with E-state index in [2.05, 4.69) is 4.99 Å². The molecule has 9 heteroatoms. The Labute approximate surface area is 179 Å². The Morgan fingerprint density at radius 2 is 1.74 bits per heavy atom. The van der Waals surface area contributed by atoms with Gasteiger partial charge in [0.15, 0.2) is 0 Å². The SMILES string of the molecule is COC(=O)C1C(C)=NC(C)=C(C(=O)OCC[N+](C)(C)C)C1c1ccccc1C(F)(F)F. The molecule has 1 aromatic rings. The molecule has 0 aromatic heterocycles. The van der Waals surface area contributed by atoms with Crippen molar-refractivity contribution < 1.29 is 36.7 Å². The maximum absolute atomic E-state index is 13.8. The smallest absolute Gasteiger partial charge is 0.416 e. The van der Waals surface area contributed by atoms with E-state index in [1.165, 1.54) is 32.0 Å². The lowest BCUT2D eigenvalue weighted by Crippen LogP contribution is -2.39. The van der Waals surface area contributed by atoms with E-state index in [1.807, 2.05) is 21.1 Å². The summed E-state index contributed by atoms with van der Waals surface area (Å²) in [5.74, 6) is -3.98. The summed E-state index contributed by atoms with van der Waals surface area (Å²) >= 11 is 0. The molecule has 2 rings (SSSR count). The van der Waals surface area contributed by atoms with Crippen molar-refractivity contribution in [2.24, 2.45) is 10.9 Å². The minimum absolute atomic E-state index is 0.0678. The molecule has 1 aliphatic rings. The number of esters is 2. The summed E-state index contributed by atoms with van der Waals surface area (Å²) in [7, 11) is 6.90. The second-order valence-electron chi connectivity index (χ2n) is 8.47. The van der Waals surface area contributed by atoms with Crippen molar-refractivity contribution in [3.63, 3.8) is 0 Å². The van der Waals surface area contributed by atoms with Crippen LogP contribution < -0.4 is 0 Å². The molecule has 0 N–H and O–H groups in total. The molecule has 1 heterocycles. The van der Waals surface area contributed by atoms with Gasteiger partial charge in [-0.05, 0) is 25.5 Å². The number of aliphatic imine (C=N–C) groups is 1. The van der Waals surface area contributed by atoms with E-state index in [0.717, 1.165) is 13.2 Å². The van der Waals surface area contributed by atoms with Gasteiger partial charge in [0, 0.05) is 17.3 Å². The highest BCUT2D eigenvalue weighted by atomic mass is 19.4. The predicted octanol–water partition coefficient (Wildman–Crippen LogP) is 3.58. The number of alkyl halides is 3. The number of halogens is 3. The number of rotatable bonds is 6. The first-order valence-corrected chi connectivity index (χ1v) is 9.75. The number of likely N-dealkylation sites (N-methyl/N-ethyl adjacent to an activating group) is 1. The van der Waals surface area contributed by atoms with Gasteiger partial charge in [-0.25, -0.2) is 4.79 Å². The van der Waals surface area contributed by atoms with Crippen molar-refractivity contribution >= 4 is 17.7 Å².